The number of amides is 9. The van der Waals surface area contributed by atoms with Crippen molar-refractivity contribution in [1.29, 1.82) is 0 Å². The Hall–Kier alpha value is -8.09. The lowest BCUT2D eigenvalue weighted by molar-refractivity contribution is -0.143. The van der Waals surface area contributed by atoms with Gasteiger partial charge in [0.1, 0.15) is 11.8 Å². The molecule has 2 saturated heterocycles. The number of Topliss-reactive ketones (excluding diaryl/α,β-unsaturated/α-hetero) is 1. The quantitative estimate of drug-likeness (QED) is 0.0412. The van der Waals surface area contributed by atoms with Gasteiger partial charge in [-0.2, -0.15) is 0 Å². The molecule has 8 rings (SSSR count). The van der Waals surface area contributed by atoms with E-state index in [1.807, 2.05) is 57.2 Å². The molecule has 0 aromatic heterocycles. The van der Waals surface area contributed by atoms with Gasteiger partial charge < -0.3 is 35.2 Å². The van der Waals surface area contributed by atoms with Crippen LogP contribution >= 0.6 is 23.2 Å². The van der Waals surface area contributed by atoms with Gasteiger partial charge in [-0.25, -0.2) is 19.4 Å². The Kier molecular flexibility index (Phi) is 21.1. The van der Waals surface area contributed by atoms with Crippen LogP contribution < -0.4 is 25.6 Å². The molecular formula is C68H81Cl2N7O11. The monoisotopic (exact) mass is 1240 g/mol. The zero-order valence-corrected chi connectivity index (χ0v) is 54.0. The van der Waals surface area contributed by atoms with E-state index in [1.165, 1.54) is 48.4 Å². The number of hydrogen-bond acceptors (Lipinski definition) is 11. The average Bonchev–Trinajstić information content (AvgIpc) is 2.68. The third kappa shape index (κ3) is 15.1. The normalized spacial score (nSPS) is 17.0. The lowest BCUT2D eigenvalue weighted by Crippen LogP contribution is -2.56. The van der Waals surface area contributed by atoms with Gasteiger partial charge in [0.2, 0.25) is 6.04 Å². The molecule has 2 aliphatic heterocycles. The standard InChI is InChI=1S/C46H59ClN4O6.C22H22ClN3O5/c1-10-37(57-38-22-19-31(44(6,7)11-2)25-33(38)45(8,9)12-3)40(53)48-32-20-21-34(47)35(26-32)49-41(54)39(36(52)27-46(13-4)23-24-46)51-42(55)29(5)50(43(51)56)28-30-17-15-14-16-18-30;1-13-10-11-15(23)16(12-13)24-18(27)17(26-20(29)22(2,3)31-21(26)30)19(28)25(4)14-8-6-5-7-9-14/h14-22,25-26,29,37,39H,10-13,23-24,27-28H2,1-9H3,(H,48,53)(H,49,54);5-12,17H,1-4H3,(H,24,27). The minimum absolute atomic E-state index is 0.0246. The van der Waals surface area contributed by atoms with E-state index in [0.717, 1.165) is 53.7 Å². The number of rotatable bonds is 23. The highest BCUT2D eigenvalue weighted by molar-refractivity contribution is 6.35. The smallest absolute Gasteiger partial charge is 0.418 e. The summed E-state index contributed by atoms with van der Waals surface area (Å²) in [6.45, 7) is 23.3. The third-order valence-corrected chi connectivity index (χ3v) is 18.0. The van der Waals surface area contributed by atoms with Crippen LogP contribution in [0.25, 0.3) is 0 Å². The van der Waals surface area contributed by atoms with Gasteiger partial charge in [0, 0.05) is 37.0 Å². The molecule has 0 spiro atoms. The molecule has 0 bridgehead atoms. The number of likely N-dealkylation sites (N-methyl/N-ethyl adjacent to an activating group) is 1. The van der Waals surface area contributed by atoms with Crippen molar-refractivity contribution in [1.82, 2.24) is 14.7 Å². The maximum Gasteiger partial charge on any atom is 0.418 e. The predicted molar refractivity (Wildman–Crippen MR) is 341 cm³/mol. The molecule has 0 radical (unpaired) electrons. The van der Waals surface area contributed by atoms with E-state index in [9.17, 15) is 43.2 Å². The summed E-state index contributed by atoms with van der Waals surface area (Å²) in [5, 5.41) is 8.58. The molecule has 4 atom stereocenters. The average molecular weight is 1240 g/mol. The van der Waals surface area contributed by atoms with Crippen molar-refractivity contribution in [2.24, 2.45) is 5.41 Å². The second-order valence-corrected chi connectivity index (χ2v) is 25.5. The number of ether oxygens (including phenoxy) is 2. The summed E-state index contributed by atoms with van der Waals surface area (Å²) in [5.74, 6) is -4.19. The van der Waals surface area contributed by atoms with Gasteiger partial charge >= 0.3 is 12.1 Å². The maximum absolute atomic E-state index is 14.2. The molecule has 3 fully saturated rings. The molecule has 3 aliphatic rings. The first kappa shape index (κ1) is 67.4. The number of benzene rings is 5. The number of nitrogens with zero attached hydrogens (tertiary/aromatic N) is 4. The highest BCUT2D eigenvalue weighted by Crippen LogP contribution is 2.52. The molecule has 18 nitrogen and oxygen atoms in total. The van der Waals surface area contributed by atoms with E-state index in [0.29, 0.717) is 28.4 Å². The van der Waals surface area contributed by atoms with Gasteiger partial charge in [-0.15, -0.1) is 0 Å². The largest absolute Gasteiger partial charge is 0.480 e. The first-order valence-corrected chi connectivity index (χ1v) is 30.6. The number of cyclic esters (lactones) is 1. The minimum atomic E-state index is -1.79. The molecule has 1 saturated carbocycles. The number of ketones is 1. The Morgan fingerprint density at radius 1 is 0.716 bits per heavy atom. The Labute approximate surface area is 525 Å². The van der Waals surface area contributed by atoms with Crippen molar-refractivity contribution < 1.29 is 52.6 Å². The fraction of sp³-hybridized carbons (Fsp3) is 0.426. The van der Waals surface area contributed by atoms with Crippen LogP contribution in [0.2, 0.25) is 10.0 Å². The van der Waals surface area contributed by atoms with Crippen molar-refractivity contribution in [3.05, 3.63) is 148 Å². The van der Waals surface area contributed by atoms with E-state index < -0.39 is 83.2 Å². The number of aryl methyl sites for hydroxylation is 1. The van der Waals surface area contributed by atoms with Gasteiger partial charge in [-0.05, 0) is 141 Å². The van der Waals surface area contributed by atoms with E-state index in [1.54, 1.807) is 61.5 Å². The second kappa shape index (κ2) is 27.5. The molecular weight excluding hydrogens is 1160 g/mol. The zero-order chi connectivity index (χ0) is 64.8. The number of hydrogen-bond donors (Lipinski definition) is 3. The molecule has 5 aromatic rings. The summed E-state index contributed by atoms with van der Waals surface area (Å²) >= 11 is 12.8. The lowest BCUT2D eigenvalue weighted by Gasteiger charge is -2.31. The van der Waals surface area contributed by atoms with Crippen molar-refractivity contribution in [3.8, 4) is 5.75 Å². The summed E-state index contributed by atoms with van der Waals surface area (Å²) in [6.07, 6.45) is 2.79. The van der Waals surface area contributed by atoms with Crippen molar-refractivity contribution in [3.63, 3.8) is 0 Å². The van der Waals surface area contributed by atoms with Gasteiger partial charge in [0.15, 0.2) is 23.5 Å². The van der Waals surface area contributed by atoms with Crippen LogP contribution in [-0.4, -0.2) is 105 Å². The number of carbonyl (C=O) groups excluding carboxylic acids is 9. The van der Waals surface area contributed by atoms with Crippen LogP contribution in [0.15, 0.2) is 115 Å². The molecule has 1 aliphatic carbocycles. The molecule has 20 heteroatoms. The molecule has 9 amide bonds. The van der Waals surface area contributed by atoms with Gasteiger partial charge in [0.25, 0.3) is 35.4 Å². The molecule has 88 heavy (non-hydrogen) atoms. The Balaban J connectivity index is 0.000000299. The van der Waals surface area contributed by atoms with Crippen LogP contribution in [0.1, 0.15) is 143 Å². The Morgan fingerprint density at radius 3 is 1.85 bits per heavy atom. The molecule has 3 N–H and O–H groups in total. The molecule has 468 valence electrons. The van der Waals surface area contributed by atoms with Crippen molar-refractivity contribution in [2.75, 3.05) is 27.9 Å². The number of nitrogens with one attached hydrogen (secondary N) is 3. The molecule has 2 heterocycles. The summed E-state index contributed by atoms with van der Waals surface area (Å²) in [4.78, 5) is 126. The van der Waals surface area contributed by atoms with Crippen molar-refractivity contribution >= 4 is 99.3 Å². The number of para-hydroxylation sites is 1. The van der Waals surface area contributed by atoms with Crippen molar-refractivity contribution in [2.45, 2.75) is 175 Å². The van der Waals surface area contributed by atoms with Gasteiger partial charge in [-0.3, -0.25) is 33.6 Å². The fourth-order valence-electron chi connectivity index (χ4n) is 10.4. The highest BCUT2D eigenvalue weighted by Gasteiger charge is 2.55. The van der Waals surface area contributed by atoms with Crippen LogP contribution in [0.5, 0.6) is 5.75 Å². The molecule has 5 aromatic carbocycles. The summed E-state index contributed by atoms with van der Waals surface area (Å²) in [5.41, 5.74) is 3.08. The zero-order valence-electron chi connectivity index (χ0n) is 52.5. The summed E-state index contributed by atoms with van der Waals surface area (Å²) < 4.78 is 11.6. The fourth-order valence-corrected chi connectivity index (χ4v) is 10.7. The first-order chi connectivity index (χ1) is 41.4. The minimum Gasteiger partial charge on any atom is -0.480 e. The van der Waals surface area contributed by atoms with E-state index in [-0.39, 0.29) is 50.6 Å². The Morgan fingerprint density at radius 2 is 1.30 bits per heavy atom. The SMILES string of the molecule is CCC(Oc1ccc(C(C)(C)CC)cc1C(C)(C)CC)C(=O)Nc1ccc(Cl)c(NC(=O)C(C(=O)CC2(CC)CC2)N2C(=O)C(C)N(Cc3ccccc3)C2=O)c1.Cc1ccc(Cl)c(NC(=O)C(C(=O)N(C)c2ccccc2)N2C(=O)OC(C)(C)C2=O)c1. The summed E-state index contributed by atoms with van der Waals surface area (Å²) in [6, 6.07) is 28.5. The van der Waals surface area contributed by atoms with Crippen LogP contribution in [0.3, 0.4) is 0 Å². The molecule has 4 unspecified atom stereocenters. The first-order valence-electron chi connectivity index (χ1n) is 29.8. The van der Waals surface area contributed by atoms with E-state index >= 15 is 0 Å². The number of halogens is 2. The predicted octanol–water partition coefficient (Wildman–Crippen LogP) is 13.2. The topological polar surface area (TPSA) is 221 Å². The maximum atomic E-state index is 14.2. The van der Waals surface area contributed by atoms with Gasteiger partial charge in [0.05, 0.1) is 21.4 Å². The number of imide groups is 2. The number of carbonyl (C=O) groups is 9. The Bertz CT molecular complexity index is 3480. The van der Waals surface area contributed by atoms with Crippen LogP contribution in [0, 0.1) is 12.3 Å². The summed E-state index contributed by atoms with van der Waals surface area (Å²) in [7, 11) is 1.45. The number of anilines is 4. The lowest BCUT2D eigenvalue weighted by atomic mass is 9.76. The highest BCUT2D eigenvalue weighted by atomic mass is 35.5. The van der Waals surface area contributed by atoms with Crippen LogP contribution in [0.4, 0.5) is 32.3 Å². The third-order valence-electron chi connectivity index (χ3n) is 17.3. The van der Waals surface area contributed by atoms with E-state index in [2.05, 4.69) is 69.6 Å². The number of urea groups is 1. The second-order valence-electron chi connectivity index (χ2n) is 24.7. The van der Waals surface area contributed by atoms with Gasteiger partial charge in [-0.1, -0.05) is 152 Å². The van der Waals surface area contributed by atoms with E-state index in [4.69, 9.17) is 32.7 Å². The van der Waals surface area contributed by atoms with Crippen LogP contribution in [-0.2, 0) is 55.7 Å².